The molecule has 1 aromatic heterocycles. The summed E-state index contributed by atoms with van der Waals surface area (Å²) in [6.45, 7) is 5.33. The van der Waals surface area contributed by atoms with Crippen LogP contribution in [0.15, 0.2) is 35.4 Å². The molecule has 146 valence electrons. The monoisotopic (exact) mass is 399 g/mol. The van der Waals surface area contributed by atoms with Crippen molar-refractivity contribution in [2.45, 2.75) is 31.0 Å². The van der Waals surface area contributed by atoms with E-state index < -0.39 is 11.2 Å². The number of aromatic nitrogens is 1. The number of rotatable bonds is 7. The van der Waals surface area contributed by atoms with Crippen molar-refractivity contribution < 1.29 is 19.1 Å². The standard InChI is InChI=1S/C20H21N3O4S/c1-5-27-20(25)17-10-14(11-21)19(22-12(17)2)28-13(3)18(24)23-15-6-8-16(26-4)9-7-15/h6-10,13H,5H2,1-4H3,(H,23,24)/t13-/m0/s1. The van der Waals surface area contributed by atoms with Crippen LogP contribution in [-0.4, -0.2) is 35.8 Å². The molecule has 2 aromatic rings. The molecule has 7 nitrogen and oxygen atoms in total. The number of hydrogen-bond acceptors (Lipinski definition) is 7. The van der Waals surface area contributed by atoms with Crippen LogP contribution < -0.4 is 10.1 Å². The van der Waals surface area contributed by atoms with Gasteiger partial charge < -0.3 is 14.8 Å². The highest BCUT2D eigenvalue weighted by Crippen LogP contribution is 2.28. The molecular weight excluding hydrogens is 378 g/mol. The van der Waals surface area contributed by atoms with E-state index in [2.05, 4.69) is 10.3 Å². The smallest absolute Gasteiger partial charge is 0.340 e. The lowest BCUT2D eigenvalue weighted by Crippen LogP contribution is -2.22. The molecule has 0 fully saturated rings. The Balaban J connectivity index is 2.14. The number of anilines is 1. The van der Waals surface area contributed by atoms with Crippen molar-refractivity contribution in [1.82, 2.24) is 4.98 Å². The minimum absolute atomic E-state index is 0.225. The van der Waals surface area contributed by atoms with Gasteiger partial charge in [0.1, 0.15) is 16.8 Å². The molecule has 1 N–H and O–H groups in total. The average molecular weight is 399 g/mol. The van der Waals surface area contributed by atoms with E-state index in [0.29, 0.717) is 22.2 Å². The zero-order valence-electron chi connectivity index (χ0n) is 16.1. The van der Waals surface area contributed by atoms with Gasteiger partial charge in [-0.1, -0.05) is 11.8 Å². The lowest BCUT2D eigenvalue weighted by molar-refractivity contribution is -0.115. The summed E-state index contributed by atoms with van der Waals surface area (Å²) in [6.07, 6.45) is 0. The number of pyridine rings is 1. The Morgan fingerprint density at radius 3 is 2.57 bits per heavy atom. The number of ether oxygens (including phenoxy) is 2. The molecule has 0 aliphatic rings. The predicted molar refractivity (Wildman–Crippen MR) is 107 cm³/mol. The molecule has 0 unspecified atom stereocenters. The Hall–Kier alpha value is -3.05. The van der Waals surface area contributed by atoms with Gasteiger partial charge in [-0.2, -0.15) is 5.26 Å². The van der Waals surface area contributed by atoms with E-state index in [-0.39, 0.29) is 23.6 Å². The topological polar surface area (TPSA) is 101 Å². The minimum atomic E-state index is -0.522. The SMILES string of the molecule is CCOC(=O)c1cc(C#N)c(S[C@@H](C)C(=O)Nc2ccc(OC)cc2)nc1C. The van der Waals surface area contributed by atoms with Crippen molar-refractivity contribution in [3.05, 3.63) is 47.2 Å². The zero-order chi connectivity index (χ0) is 20.7. The molecule has 1 atom stereocenters. The summed E-state index contributed by atoms with van der Waals surface area (Å²) in [6, 6.07) is 10.5. The molecule has 1 amide bonds. The second-order valence-electron chi connectivity index (χ2n) is 5.78. The summed E-state index contributed by atoms with van der Waals surface area (Å²) in [5.74, 6) is -0.0562. The quantitative estimate of drug-likeness (QED) is 0.561. The largest absolute Gasteiger partial charge is 0.497 e. The molecule has 0 saturated heterocycles. The first-order valence-electron chi connectivity index (χ1n) is 8.60. The van der Waals surface area contributed by atoms with Crippen LogP contribution in [0.1, 0.15) is 35.5 Å². The van der Waals surface area contributed by atoms with Crippen LogP contribution in [0.25, 0.3) is 0 Å². The number of nitrogens with zero attached hydrogens (tertiary/aromatic N) is 2. The number of thioether (sulfide) groups is 1. The van der Waals surface area contributed by atoms with Crippen molar-refractivity contribution in [3.8, 4) is 11.8 Å². The molecule has 1 aromatic carbocycles. The van der Waals surface area contributed by atoms with Gasteiger partial charge in [0.15, 0.2) is 0 Å². The van der Waals surface area contributed by atoms with Crippen LogP contribution >= 0.6 is 11.8 Å². The van der Waals surface area contributed by atoms with E-state index in [4.69, 9.17) is 9.47 Å². The normalized spacial score (nSPS) is 11.2. The molecule has 8 heteroatoms. The Labute approximate surface area is 168 Å². The predicted octanol–water partition coefficient (Wildman–Crippen LogP) is 3.57. The van der Waals surface area contributed by atoms with Gasteiger partial charge in [0.25, 0.3) is 0 Å². The van der Waals surface area contributed by atoms with Crippen molar-refractivity contribution in [3.63, 3.8) is 0 Å². The second kappa shape index (κ2) is 9.76. The third-order valence-electron chi connectivity index (χ3n) is 3.81. The maximum Gasteiger partial charge on any atom is 0.340 e. The van der Waals surface area contributed by atoms with E-state index in [0.717, 1.165) is 11.8 Å². The number of aryl methyl sites for hydroxylation is 1. The van der Waals surface area contributed by atoms with Gasteiger partial charge in [-0.05, 0) is 51.1 Å². The molecule has 0 saturated carbocycles. The lowest BCUT2D eigenvalue weighted by atomic mass is 10.1. The van der Waals surface area contributed by atoms with E-state index in [1.807, 2.05) is 6.07 Å². The summed E-state index contributed by atoms with van der Waals surface area (Å²) >= 11 is 1.16. The van der Waals surface area contributed by atoms with Crippen LogP contribution in [0.3, 0.4) is 0 Å². The van der Waals surface area contributed by atoms with Gasteiger partial charge in [0.05, 0.1) is 35.8 Å². The number of carbonyl (C=O) groups excluding carboxylic acids is 2. The summed E-state index contributed by atoms with van der Waals surface area (Å²) < 4.78 is 10.1. The maximum absolute atomic E-state index is 12.5. The van der Waals surface area contributed by atoms with Crippen molar-refractivity contribution in [1.29, 1.82) is 5.26 Å². The highest BCUT2D eigenvalue weighted by atomic mass is 32.2. The van der Waals surface area contributed by atoms with Crippen molar-refractivity contribution >= 4 is 29.3 Å². The van der Waals surface area contributed by atoms with Gasteiger partial charge in [-0.25, -0.2) is 9.78 Å². The number of esters is 1. The number of benzene rings is 1. The van der Waals surface area contributed by atoms with Gasteiger partial charge in [0.2, 0.25) is 5.91 Å². The summed E-state index contributed by atoms with van der Waals surface area (Å²) in [4.78, 5) is 28.8. The van der Waals surface area contributed by atoms with Gasteiger partial charge in [0, 0.05) is 5.69 Å². The van der Waals surface area contributed by atoms with E-state index in [9.17, 15) is 14.9 Å². The number of nitriles is 1. The third-order valence-corrected chi connectivity index (χ3v) is 4.91. The minimum Gasteiger partial charge on any atom is -0.497 e. The number of hydrogen-bond donors (Lipinski definition) is 1. The summed E-state index contributed by atoms with van der Waals surface area (Å²) in [7, 11) is 1.57. The van der Waals surface area contributed by atoms with E-state index in [1.165, 1.54) is 6.07 Å². The molecule has 0 aliphatic heterocycles. The molecule has 0 spiro atoms. The summed E-state index contributed by atoms with van der Waals surface area (Å²) in [5, 5.41) is 12.1. The fourth-order valence-electron chi connectivity index (χ4n) is 2.31. The number of amides is 1. The van der Waals surface area contributed by atoms with E-state index in [1.54, 1.807) is 52.1 Å². The van der Waals surface area contributed by atoms with Crippen LogP contribution in [0, 0.1) is 18.3 Å². The Morgan fingerprint density at radius 2 is 2.00 bits per heavy atom. The molecule has 0 aliphatic carbocycles. The van der Waals surface area contributed by atoms with Crippen molar-refractivity contribution in [2.24, 2.45) is 0 Å². The average Bonchev–Trinajstić information content (AvgIpc) is 2.68. The molecular formula is C20H21N3O4S. The molecule has 0 bridgehead atoms. The van der Waals surface area contributed by atoms with Gasteiger partial charge >= 0.3 is 5.97 Å². The lowest BCUT2D eigenvalue weighted by Gasteiger charge is -2.14. The number of carbonyl (C=O) groups is 2. The maximum atomic E-state index is 12.5. The Kier molecular flexibility index (Phi) is 7.41. The number of methoxy groups -OCH3 is 1. The first-order chi connectivity index (χ1) is 13.4. The fraction of sp³-hybridized carbons (Fsp3) is 0.300. The fourth-order valence-corrected chi connectivity index (χ4v) is 3.23. The van der Waals surface area contributed by atoms with Crippen LogP contribution in [0.5, 0.6) is 5.75 Å². The zero-order valence-corrected chi connectivity index (χ0v) is 16.9. The van der Waals surface area contributed by atoms with Crippen LogP contribution in [0.2, 0.25) is 0 Å². The third kappa shape index (κ3) is 5.24. The molecule has 1 heterocycles. The van der Waals surface area contributed by atoms with Gasteiger partial charge in [-0.15, -0.1) is 0 Å². The molecule has 2 rings (SSSR count). The second-order valence-corrected chi connectivity index (χ2v) is 7.11. The molecule has 0 radical (unpaired) electrons. The van der Waals surface area contributed by atoms with Crippen molar-refractivity contribution in [2.75, 3.05) is 19.0 Å². The van der Waals surface area contributed by atoms with Crippen LogP contribution in [0.4, 0.5) is 5.69 Å². The van der Waals surface area contributed by atoms with Gasteiger partial charge in [-0.3, -0.25) is 4.79 Å². The Bertz CT molecular complexity index is 907. The highest BCUT2D eigenvalue weighted by molar-refractivity contribution is 8.00. The first-order valence-corrected chi connectivity index (χ1v) is 9.48. The van der Waals surface area contributed by atoms with Crippen LogP contribution in [-0.2, 0) is 9.53 Å². The Morgan fingerprint density at radius 1 is 1.32 bits per heavy atom. The number of nitrogens with one attached hydrogen (secondary N) is 1. The first kappa shape index (κ1) is 21.3. The molecule has 28 heavy (non-hydrogen) atoms. The van der Waals surface area contributed by atoms with E-state index >= 15 is 0 Å². The highest BCUT2D eigenvalue weighted by Gasteiger charge is 2.21. The summed E-state index contributed by atoms with van der Waals surface area (Å²) in [5.41, 5.74) is 1.56.